The minimum atomic E-state index is -0.309. The molecule has 0 aliphatic carbocycles. The van der Waals surface area contributed by atoms with Crippen LogP contribution in [0.3, 0.4) is 0 Å². The van der Waals surface area contributed by atoms with E-state index in [1.165, 1.54) is 12.1 Å². The molecule has 0 aromatic heterocycles. The third-order valence-corrected chi connectivity index (χ3v) is 2.52. The molecule has 4 N–H and O–H groups in total. The number of anilines is 2. The van der Waals surface area contributed by atoms with Gasteiger partial charge in [0.15, 0.2) is 5.11 Å². The summed E-state index contributed by atoms with van der Waals surface area (Å²) in [6.07, 6.45) is 0. The zero-order valence-electron chi connectivity index (χ0n) is 9.85. The average molecular weight is 277 g/mol. The second kappa shape index (κ2) is 6.01. The zero-order valence-corrected chi connectivity index (χ0v) is 10.7. The van der Waals surface area contributed by atoms with E-state index in [0.717, 1.165) is 0 Å². The molecule has 0 saturated heterocycles. The van der Waals surface area contributed by atoms with Gasteiger partial charge in [0, 0.05) is 5.69 Å². The highest BCUT2D eigenvalue weighted by molar-refractivity contribution is 7.80. The van der Waals surface area contributed by atoms with Crippen LogP contribution < -0.4 is 16.2 Å². The van der Waals surface area contributed by atoms with Crippen molar-refractivity contribution in [3.8, 4) is 5.75 Å². The van der Waals surface area contributed by atoms with E-state index in [-0.39, 0.29) is 11.6 Å². The SMILES string of the molecule is Oc1ccccc1NNC(=S)Nc1ccc(F)cc1. The Bertz CT molecular complexity index is 574. The van der Waals surface area contributed by atoms with E-state index in [1.54, 1.807) is 36.4 Å². The molecular formula is C13H12FN3OS. The van der Waals surface area contributed by atoms with Crippen LogP contribution >= 0.6 is 12.2 Å². The maximum absolute atomic E-state index is 12.7. The highest BCUT2D eigenvalue weighted by Gasteiger charge is 2.00. The third kappa shape index (κ3) is 3.82. The molecule has 2 aromatic rings. The summed E-state index contributed by atoms with van der Waals surface area (Å²) >= 11 is 5.05. The second-order valence-corrected chi connectivity index (χ2v) is 4.14. The average Bonchev–Trinajstić information content (AvgIpc) is 2.40. The number of para-hydroxylation sites is 2. The summed E-state index contributed by atoms with van der Waals surface area (Å²) in [4.78, 5) is 0. The monoisotopic (exact) mass is 277 g/mol. The van der Waals surface area contributed by atoms with Gasteiger partial charge < -0.3 is 10.4 Å². The first-order valence-electron chi connectivity index (χ1n) is 5.52. The molecule has 4 nitrogen and oxygen atoms in total. The van der Waals surface area contributed by atoms with Crippen molar-refractivity contribution in [3.05, 3.63) is 54.3 Å². The Morgan fingerprint density at radius 1 is 1.05 bits per heavy atom. The summed E-state index contributed by atoms with van der Waals surface area (Å²) in [6.45, 7) is 0. The lowest BCUT2D eigenvalue weighted by molar-refractivity contribution is 0.477. The molecule has 0 spiro atoms. The molecule has 0 aliphatic heterocycles. The number of phenols is 1. The van der Waals surface area contributed by atoms with Crippen molar-refractivity contribution in [2.24, 2.45) is 0 Å². The summed E-state index contributed by atoms with van der Waals surface area (Å²) < 4.78 is 12.7. The third-order valence-electron chi connectivity index (χ3n) is 2.32. The molecule has 0 unspecified atom stereocenters. The normalized spacial score (nSPS) is 9.74. The predicted molar refractivity (Wildman–Crippen MR) is 77.5 cm³/mol. The summed E-state index contributed by atoms with van der Waals surface area (Å²) in [5.41, 5.74) is 6.66. The first kappa shape index (κ1) is 13.1. The van der Waals surface area contributed by atoms with Crippen LogP contribution in [-0.2, 0) is 0 Å². The van der Waals surface area contributed by atoms with Gasteiger partial charge in [-0.3, -0.25) is 10.9 Å². The van der Waals surface area contributed by atoms with Gasteiger partial charge in [0.2, 0.25) is 0 Å². The summed E-state index contributed by atoms with van der Waals surface area (Å²) in [5.74, 6) is -0.198. The van der Waals surface area contributed by atoms with Crippen LogP contribution in [0.15, 0.2) is 48.5 Å². The molecule has 2 aromatic carbocycles. The highest BCUT2D eigenvalue weighted by atomic mass is 32.1. The Kier molecular flexibility index (Phi) is 4.15. The fourth-order valence-corrected chi connectivity index (χ4v) is 1.57. The molecule has 0 amide bonds. The Balaban J connectivity index is 1.88. The van der Waals surface area contributed by atoms with E-state index in [0.29, 0.717) is 16.5 Å². The van der Waals surface area contributed by atoms with Crippen molar-refractivity contribution in [2.45, 2.75) is 0 Å². The van der Waals surface area contributed by atoms with E-state index in [4.69, 9.17) is 12.2 Å². The van der Waals surface area contributed by atoms with Gasteiger partial charge in [0.25, 0.3) is 0 Å². The highest BCUT2D eigenvalue weighted by Crippen LogP contribution is 2.20. The molecule has 98 valence electrons. The van der Waals surface area contributed by atoms with E-state index < -0.39 is 0 Å². The summed E-state index contributed by atoms with van der Waals surface area (Å²) in [7, 11) is 0. The van der Waals surface area contributed by atoms with Crippen molar-refractivity contribution in [3.63, 3.8) is 0 Å². The van der Waals surface area contributed by atoms with Gasteiger partial charge in [0.1, 0.15) is 11.6 Å². The van der Waals surface area contributed by atoms with Crippen molar-refractivity contribution in [2.75, 3.05) is 10.7 Å². The van der Waals surface area contributed by atoms with E-state index in [1.807, 2.05) is 0 Å². The number of hydrogen-bond acceptors (Lipinski definition) is 3. The molecule has 19 heavy (non-hydrogen) atoms. The summed E-state index contributed by atoms with van der Waals surface area (Å²) in [6, 6.07) is 12.6. The lowest BCUT2D eigenvalue weighted by atomic mass is 10.3. The number of benzene rings is 2. The van der Waals surface area contributed by atoms with Crippen LogP contribution in [0.1, 0.15) is 0 Å². The standard InChI is InChI=1S/C13H12FN3OS/c14-9-5-7-10(8-6-9)15-13(19)17-16-11-3-1-2-4-12(11)18/h1-8,16,18H,(H2,15,17,19). The van der Waals surface area contributed by atoms with E-state index in [2.05, 4.69) is 16.2 Å². The van der Waals surface area contributed by atoms with Gasteiger partial charge in [-0.1, -0.05) is 12.1 Å². The molecule has 0 aliphatic rings. The number of hydrazine groups is 1. The number of phenolic OH excluding ortho intramolecular Hbond substituents is 1. The number of nitrogens with one attached hydrogen (secondary N) is 3. The van der Waals surface area contributed by atoms with Crippen molar-refractivity contribution >= 4 is 28.7 Å². The second-order valence-electron chi connectivity index (χ2n) is 3.73. The fraction of sp³-hybridized carbons (Fsp3) is 0. The fourth-order valence-electron chi connectivity index (χ4n) is 1.40. The Morgan fingerprint density at radius 2 is 1.74 bits per heavy atom. The molecule has 6 heteroatoms. The predicted octanol–water partition coefficient (Wildman–Crippen LogP) is 2.84. The largest absolute Gasteiger partial charge is 0.506 e. The number of halogens is 1. The molecule has 0 heterocycles. The molecule has 0 bridgehead atoms. The zero-order chi connectivity index (χ0) is 13.7. The number of thiocarbonyl (C=S) groups is 1. The first-order valence-corrected chi connectivity index (χ1v) is 5.92. The van der Waals surface area contributed by atoms with Crippen LogP contribution in [0.5, 0.6) is 5.75 Å². The van der Waals surface area contributed by atoms with E-state index in [9.17, 15) is 9.50 Å². The quantitative estimate of drug-likeness (QED) is 0.395. The van der Waals surface area contributed by atoms with Crippen LogP contribution in [-0.4, -0.2) is 10.2 Å². The molecule has 0 radical (unpaired) electrons. The lowest BCUT2D eigenvalue weighted by Gasteiger charge is -2.13. The number of aromatic hydroxyl groups is 1. The Morgan fingerprint density at radius 3 is 2.42 bits per heavy atom. The molecule has 0 saturated carbocycles. The summed E-state index contributed by atoms with van der Waals surface area (Å²) in [5, 5.41) is 12.7. The molecule has 2 rings (SSSR count). The van der Waals surface area contributed by atoms with Gasteiger partial charge in [-0.25, -0.2) is 4.39 Å². The molecular weight excluding hydrogens is 265 g/mol. The van der Waals surface area contributed by atoms with Crippen LogP contribution in [0.2, 0.25) is 0 Å². The first-order chi connectivity index (χ1) is 9.15. The van der Waals surface area contributed by atoms with Gasteiger partial charge in [-0.2, -0.15) is 0 Å². The van der Waals surface area contributed by atoms with Crippen LogP contribution in [0.25, 0.3) is 0 Å². The van der Waals surface area contributed by atoms with Gasteiger partial charge in [-0.05, 0) is 48.6 Å². The van der Waals surface area contributed by atoms with Crippen molar-refractivity contribution in [1.29, 1.82) is 0 Å². The van der Waals surface area contributed by atoms with Crippen molar-refractivity contribution < 1.29 is 9.50 Å². The van der Waals surface area contributed by atoms with Gasteiger partial charge in [0.05, 0.1) is 5.69 Å². The minimum Gasteiger partial charge on any atom is -0.506 e. The van der Waals surface area contributed by atoms with Crippen LogP contribution in [0.4, 0.5) is 15.8 Å². The lowest BCUT2D eigenvalue weighted by Crippen LogP contribution is -2.33. The Hall–Kier alpha value is -2.34. The number of rotatable bonds is 3. The van der Waals surface area contributed by atoms with E-state index >= 15 is 0 Å². The van der Waals surface area contributed by atoms with Gasteiger partial charge in [-0.15, -0.1) is 0 Å². The maximum Gasteiger partial charge on any atom is 0.189 e. The topological polar surface area (TPSA) is 56.3 Å². The smallest absolute Gasteiger partial charge is 0.189 e. The van der Waals surface area contributed by atoms with Gasteiger partial charge >= 0.3 is 0 Å². The molecule has 0 fully saturated rings. The number of hydrogen-bond donors (Lipinski definition) is 4. The van der Waals surface area contributed by atoms with Crippen LogP contribution in [0, 0.1) is 5.82 Å². The van der Waals surface area contributed by atoms with Crippen molar-refractivity contribution in [1.82, 2.24) is 5.43 Å². The Labute approximate surface area is 115 Å². The maximum atomic E-state index is 12.7. The minimum absolute atomic E-state index is 0.111. The molecule has 0 atom stereocenters.